The molecule has 40 heavy (non-hydrogen) atoms. The van der Waals surface area contributed by atoms with E-state index < -0.39 is 5.97 Å². The van der Waals surface area contributed by atoms with Crippen LogP contribution in [0.15, 0.2) is 97.1 Å². The van der Waals surface area contributed by atoms with Crippen molar-refractivity contribution >= 4 is 17.6 Å². The fourth-order valence-electron chi connectivity index (χ4n) is 4.36. The summed E-state index contributed by atoms with van der Waals surface area (Å²) in [7, 11) is 1.54. The minimum Gasteiger partial charge on any atom is -0.497 e. The van der Waals surface area contributed by atoms with Gasteiger partial charge < -0.3 is 14.8 Å². The molecule has 0 saturated heterocycles. The summed E-state index contributed by atoms with van der Waals surface area (Å²) >= 11 is 0. The predicted octanol–water partition coefficient (Wildman–Crippen LogP) is 6.84. The minimum atomic E-state index is -0.510. The highest BCUT2D eigenvalue weighted by molar-refractivity contribution is 6.04. The van der Waals surface area contributed by atoms with Gasteiger partial charge in [0, 0.05) is 23.7 Å². The van der Waals surface area contributed by atoms with E-state index in [-0.39, 0.29) is 17.6 Å². The molecule has 1 N–H and O–H groups in total. The Labute approximate surface area is 230 Å². The highest BCUT2D eigenvalue weighted by Gasteiger charge is 2.25. The number of aromatic nitrogens is 2. The van der Waals surface area contributed by atoms with Crippen molar-refractivity contribution in [1.29, 1.82) is 0 Å². The van der Waals surface area contributed by atoms with Crippen molar-refractivity contribution in [3.05, 3.63) is 114 Å². The topological polar surface area (TPSA) is 82.4 Å². The first-order valence-electron chi connectivity index (χ1n) is 12.5. The first-order chi connectivity index (χ1) is 19.3. The Hall–Kier alpha value is -5.24. The fraction of sp³-hybridized carbons (Fsp3) is 0.0938. The number of carbonyl (C=O) groups excluding carboxylic acids is 2. The number of carbonyl (C=O) groups is 2. The van der Waals surface area contributed by atoms with E-state index >= 15 is 0 Å². The molecular formula is C32H26FN3O4. The molecule has 0 aliphatic heterocycles. The number of nitrogens with one attached hydrogen (secondary N) is 1. The maximum atomic E-state index is 13.8. The number of methoxy groups -OCH3 is 1. The van der Waals surface area contributed by atoms with Gasteiger partial charge in [0.2, 0.25) is 5.88 Å². The Balaban J connectivity index is 1.60. The summed E-state index contributed by atoms with van der Waals surface area (Å²) in [6, 6.07) is 27.6. The minimum absolute atomic E-state index is 0.231. The van der Waals surface area contributed by atoms with Crippen LogP contribution in [0.4, 0.5) is 10.1 Å². The Bertz CT molecular complexity index is 1690. The van der Waals surface area contributed by atoms with Crippen LogP contribution < -0.4 is 14.8 Å². The highest BCUT2D eigenvalue weighted by atomic mass is 19.1. The Morgan fingerprint density at radius 2 is 1.57 bits per heavy atom. The monoisotopic (exact) mass is 535 g/mol. The number of hydrogen-bond donors (Lipinski definition) is 1. The van der Waals surface area contributed by atoms with Crippen LogP contribution in [0.2, 0.25) is 0 Å². The summed E-state index contributed by atoms with van der Waals surface area (Å²) in [5.41, 5.74) is 5.08. The van der Waals surface area contributed by atoms with E-state index in [0.717, 1.165) is 11.3 Å². The lowest BCUT2D eigenvalue weighted by atomic mass is 10.0. The maximum Gasteiger partial charge on any atom is 0.309 e. The number of nitrogens with zero attached hydrogens (tertiary/aromatic N) is 2. The molecule has 0 aliphatic rings. The Morgan fingerprint density at radius 3 is 2.25 bits per heavy atom. The van der Waals surface area contributed by atoms with Crippen molar-refractivity contribution in [2.24, 2.45) is 0 Å². The molecule has 5 rings (SSSR count). The summed E-state index contributed by atoms with van der Waals surface area (Å²) in [6.07, 6.45) is 0. The molecule has 0 atom stereocenters. The molecule has 0 radical (unpaired) electrons. The quantitative estimate of drug-likeness (QED) is 0.231. The summed E-state index contributed by atoms with van der Waals surface area (Å²) in [5.74, 6) is -0.357. The molecule has 0 saturated carbocycles. The second-order valence-corrected chi connectivity index (χ2v) is 9.09. The van der Waals surface area contributed by atoms with Gasteiger partial charge in [-0.1, -0.05) is 36.4 Å². The number of anilines is 1. The third-order valence-corrected chi connectivity index (χ3v) is 6.31. The van der Waals surface area contributed by atoms with Gasteiger partial charge in [-0.3, -0.25) is 9.59 Å². The van der Waals surface area contributed by atoms with Crippen LogP contribution in [0.5, 0.6) is 11.6 Å². The number of amides is 1. The van der Waals surface area contributed by atoms with Gasteiger partial charge in [0.1, 0.15) is 17.3 Å². The van der Waals surface area contributed by atoms with Crippen molar-refractivity contribution in [1.82, 2.24) is 9.78 Å². The summed E-state index contributed by atoms with van der Waals surface area (Å²) in [6.45, 7) is 3.26. The van der Waals surface area contributed by atoms with Gasteiger partial charge in [-0.2, -0.15) is 9.78 Å². The van der Waals surface area contributed by atoms with Crippen LogP contribution in [0.3, 0.4) is 0 Å². The number of halogens is 1. The predicted molar refractivity (Wildman–Crippen MR) is 151 cm³/mol. The molecule has 4 aromatic carbocycles. The number of esters is 1. The molecule has 1 heterocycles. The molecular weight excluding hydrogens is 509 g/mol. The van der Waals surface area contributed by atoms with Crippen molar-refractivity contribution in [3.63, 3.8) is 0 Å². The van der Waals surface area contributed by atoms with E-state index in [1.165, 1.54) is 19.1 Å². The van der Waals surface area contributed by atoms with Crippen LogP contribution in [0.25, 0.3) is 28.1 Å². The number of para-hydroxylation sites is 1. The van der Waals surface area contributed by atoms with Crippen LogP contribution >= 0.6 is 0 Å². The van der Waals surface area contributed by atoms with Crippen LogP contribution in [0, 0.1) is 12.7 Å². The lowest BCUT2D eigenvalue weighted by Crippen LogP contribution is -2.11. The molecule has 0 unspecified atom stereocenters. The van der Waals surface area contributed by atoms with Crippen molar-refractivity contribution < 1.29 is 23.5 Å². The number of benzene rings is 4. The van der Waals surface area contributed by atoms with E-state index in [4.69, 9.17) is 14.6 Å². The molecule has 8 heteroatoms. The number of aryl methyl sites for hydroxylation is 1. The lowest BCUT2D eigenvalue weighted by Gasteiger charge is -2.12. The second kappa shape index (κ2) is 11.2. The zero-order valence-electron chi connectivity index (χ0n) is 22.1. The van der Waals surface area contributed by atoms with E-state index in [0.29, 0.717) is 39.4 Å². The fourth-order valence-corrected chi connectivity index (χ4v) is 4.36. The first kappa shape index (κ1) is 26.4. The SMILES string of the molecule is COc1cccc(C(=O)Nc2ccc(-c3c(-c4ccc(F)cc4)nn(-c4ccccc4C)c3OC(C)=O)cc2)c1. The van der Waals surface area contributed by atoms with E-state index in [1.807, 2.05) is 31.2 Å². The third-order valence-electron chi connectivity index (χ3n) is 6.31. The molecule has 0 bridgehead atoms. The zero-order chi connectivity index (χ0) is 28.2. The maximum absolute atomic E-state index is 13.8. The van der Waals surface area contributed by atoms with Gasteiger partial charge in [-0.25, -0.2) is 4.39 Å². The Morgan fingerprint density at radius 1 is 0.875 bits per heavy atom. The molecule has 0 spiro atoms. The highest BCUT2D eigenvalue weighted by Crippen LogP contribution is 2.41. The van der Waals surface area contributed by atoms with Gasteiger partial charge in [0.05, 0.1) is 18.4 Å². The standard InChI is InChI=1S/C32H26FN3O4/c1-20-7-4-5-10-28(20)36-32(40-21(2)37)29(30(35-36)23-11-15-25(33)16-12-23)22-13-17-26(18-14-22)34-31(38)24-8-6-9-27(19-24)39-3/h4-19H,1-3H3,(H,34,38). The molecule has 0 fully saturated rings. The molecule has 1 amide bonds. The first-order valence-corrected chi connectivity index (χ1v) is 12.5. The largest absolute Gasteiger partial charge is 0.497 e. The smallest absolute Gasteiger partial charge is 0.309 e. The second-order valence-electron chi connectivity index (χ2n) is 9.09. The van der Waals surface area contributed by atoms with Crippen LogP contribution in [0.1, 0.15) is 22.8 Å². The van der Waals surface area contributed by atoms with Crippen molar-refractivity contribution in [2.45, 2.75) is 13.8 Å². The summed E-state index contributed by atoms with van der Waals surface area (Å²) in [4.78, 5) is 25.0. The van der Waals surface area contributed by atoms with Gasteiger partial charge >= 0.3 is 5.97 Å². The lowest BCUT2D eigenvalue weighted by molar-refractivity contribution is -0.132. The molecule has 7 nitrogen and oxygen atoms in total. The molecule has 1 aromatic heterocycles. The average molecular weight is 536 g/mol. The Kier molecular flexibility index (Phi) is 7.41. The van der Waals surface area contributed by atoms with Crippen molar-refractivity contribution in [3.8, 4) is 39.7 Å². The molecule has 5 aromatic rings. The number of hydrogen-bond acceptors (Lipinski definition) is 5. The summed E-state index contributed by atoms with van der Waals surface area (Å²) < 4.78 is 26.3. The third kappa shape index (κ3) is 5.47. The van der Waals surface area contributed by atoms with E-state index in [1.54, 1.807) is 72.5 Å². The summed E-state index contributed by atoms with van der Waals surface area (Å²) in [5, 5.41) is 7.72. The number of ether oxygens (including phenoxy) is 2. The van der Waals surface area contributed by atoms with Gasteiger partial charge in [0.15, 0.2) is 0 Å². The average Bonchev–Trinajstić information content (AvgIpc) is 3.32. The van der Waals surface area contributed by atoms with Crippen molar-refractivity contribution in [2.75, 3.05) is 12.4 Å². The van der Waals surface area contributed by atoms with Gasteiger partial charge in [-0.05, 0) is 78.7 Å². The zero-order valence-corrected chi connectivity index (χ0v) is 22.1. The van der Waals surface area contributed by atoms with Gasteiger partial charge in [0.25, 0.3) is 5.91 Å². The van der Waals surface area contributed by atoms with E-state index in [2.05, 4.69) is 5.32 Å². The molecule has 0 aliphatic carbocycles. The van der Waals surface area contributed by atoms with E-state index in [9.17, 15) is 14.0 Å². The number of rotatable bonds is 7. The normalized spacial score (nSPS) is 10.7. The van der Waals surface area contributed by atoms with Crippen LogP contribution in [-0.2, 0) is 4.79 Å². The molecule has 200 valence electrons. The van der Waals surface area contributed by atoms with Gasteiger partial charge in [-0.15, -0.1) is 0 Å². The van der Waals surface area contributed by atoms with Crippen LogP contribution in [-0.4, -0.2) is 28.8 Å².